The molecule has 0 saturated heterocycles. The van der Waals surface area contributed by atoms with Crippen molar-refractivity contribution >= 4 is 15.9 Å². The molecule has 0 unspecified atom stereocenters. The highest BCUT2D eigenvalue weighted by atomic mass is 32.2. The van der Waals surface area contributed by atoms with Crippen LogP contribution in [-0.2, 0) is 10.1 Å². The van der Waals surface area contributed by atoms with E-state index < -0.39 is 20.8 Å². The fourth-order valence-corrected chi connectivity index (χ4v) is 2.11. The molecule has 0 heterocycles. The molecule has 6 heteroatoms. The first kappa shape index (κ1) is 13.3. The van der Waals surface area contributed by atoms with Gasteiger partial charge >= 0.3 is 0 Å². The van der Waals surface area contributed by atoms with Crippen molar-refractivity contribution in [2.75, 3.05) is 0 Å². The summed E-state index contributed by atoms with van der Waals surface area (Å²) in [6.45, 7) is 0. The minimum atomic E-state index is -4.42. The fourth-order valence-electron chi connectivity index (χ4n) is 1.60. The molecule has 0 fully saturated rings. The first-order valence-electron chi connectivity index (χ1n) is 5.30. The average molecular weight is 278 g/mol. The van der Waals surface area contributed by atoms with Crippen LogP contribution in [0.4, 0.5) is 0 Å². The van der Waals surface area contributed by atoms with Gasteiger partial charge in [0.15, 0.2) is 5.78 Å². The van der Waals surface area contributed by atoms with Gasteiger partial charge < -0.3 is 5.11 Å². The second-order valence-electron chi connectivity index (χ2n) is 3.85. The molecule has 2 N–H and O–H groups in total. The highest BCUT2D eigenvalue weighted by molar-refractivity contribution is 7.85. The van der Waals surface area contributed by atoms with E-state index in [0.717, 1.165) is 18.2 Å². The molecule has 0 aliphatic heterocycles. The zero-order valence-electron chi connectivity index (χ0n) is 9.65. The maximum atomic E-state index is 12.1. The van der Waals surface area contributed by atoms with E-state index >= 15 is 0 Å². The third kappa shape index (κ3) is 2.81. The molecule has 0 spiro atoms. The summed E-state index contributed by atoms with van der Waals surface area (Å²) in [5.41, 5.74) is 0.131. The van der Waals surface area contributed by atoms with Crippen molar-refractivity contribution < 1.29 is 22.9 Å². The van der Waals surface area contributed by atoms with Gasteiger partial charge in [-0.3, -0.25) is 9.35 Å². The lowest BCUT2D eigenvalue weighted by molar-refractivity contribution is 0.103. The molecule has 0 bridgehead atoms. The van der Waals surface area contributed by atoms with Crippen molar-refractivity contribution in [3.05, 3.63) is 59.7 Å². The maximum absolute atomic E-state index is 12.1. The van der Waals surface area contributed by atoms with Gasteiger partial charge in [-0.2, -0.15) is 8.42 Å². The summed E-state index contributed by atoms with van der Waals surface area (Å²) in [4.78, 5) is 11.7. The van der Waals surface area contributed by atoms with Gasteiger partial charge in [-0.15, -0.1) is 0 Å². The Morgan fingerprint density at radius 3 is 2.21 bits per heavy atom. The van der Waals surface area contributed by atoms with Crippen molar-refractivity contribution in [2.24, 2.45) is 0 Å². The Morgan fingerprint density at radius 2 is 1.63 bits per heavy atom. The zero-order chi connectivity index (χ0) is 14.0. The molecule has 0 aliphatic carbocycles. The summed E-state index contributed by atoms with van der Waals surface area (Å²) in [5, 5.41) is 9.64. The van der Waals surface area contributed by atoms with Gasteiger partial charge in [-0.1, -0.05) is 30.3 Å². The average Bonchev–Trinajstić information content (AvgIpc) is 2.38. The Bertz CT molecular complexity index is 720. The lowest BCUT2D eigenvalue weighted by Gasteiger charge is -2.05. The molecular weight excluding hydrogens is 268 g/mol. The van der Waals surface area contributed by atoms with E-state index in [1.54, 1.807) is 30.3 Å². The summed E-state index contributed by atoms with van der Waals surface area (Å²) in [6, 6.07) is 11.1. The highest BCUT2D eigenvalue weighted by Crippen LogP contribution is 2.24. The second kappa shape index (κ2) is 4.83. The molecule has 0 atom stereocenters. The second-order valence-corrected chi connectivity index (χ2v) is 5.27. The third-order valence-corrected chi connectivity index (χ3v) is 3.40. The van der Waals surface area contributed by atoms with Gasteiger partial charge in [0.1, 0.15) is 5.75 Å². The summed E-state index contributed by atoms with van der Waals surface area (Å²) in [7, 11) is -4.42. The van der Waals surface area contributed by atoms with Gasteiger partial charge in [0, 0.05) is 5.56 Å². The quantitative estimate of drug-likeness (QED) is 0.660. The monoisotopic (exact) mass is 278 g/mol. The first-order chi connectivity index (χ1) is 8.89. The molecule has 0 saturated carbocycles. The van der Waals surface area contributed by atoms with Crippen LogP contribution in [0.2, 0.25) is 0 Å². The number of phenols is 1. The van der Waals surface area contributed by atoms with Crippen LogP contribution in [0.15, 0.2) is 53.4 Å². The standard InChI is InChI=1S/C13H10O5S/c14-12-7-6-10(19(16,17)18)8-11(12)13(15)9-4-2-1-3-5-9/h1-8,14H,(H,16,17,18). The molecule has 5 nitrogen and oxygen atoms in total. The largest absolute Gasteiger partial charge is 0.507 e. The van der Waals surface area contributed by atoms with Crippen molar-refractivity contribution in [3.63, 3.8) is 0 Å². The van der Waals surface area contributed by atoms with Gasteiger partial charge in [0.05, 0.1) is 10.5 Å². The van der Waals surface area contributed by atoms with Gasteiger partial charge in [0.2, 0.25) is 0 Å². The van der Waals surface area contributed by atoms with Crippen LogP contribution in [0.1, 0.15) is 15.9 Å². The molecule has 0 aromatic heterocycles. The van der Waals surface area contributed by atoms with E-state index in [-0.39, 0.29) is 11.3 Å². The first-order valence-corrected chi connectivity index (χ1v) is 6.74. The smallest absolute Gasteiger partial charge is 0.294 e. The van der Waals surface area contributed by atoms with E-state index in [1.165, 1.54) is 0 Å². The number of rotatable bonds is 3. The van der Waals surface area contributed by atoms with Crippen molar-refractivity contribution in [1.29, 1.82) is 0 Å². The van der Waals surface area contributed by atoms with Crippen LogP contribution in [0.3, 0.4) is 0 Å². The molecular formula is C13H10O5S. The zero-order valence-corrected chi connectivity index (χ0v) is 10.5. The number of benzene rings is 2. The van der Waals surface area contributed by atoms with E-state index in [2.05, 4.69) is 0 Å². The fraction of sp³-hybridized carbons (Fsp3) is 0. The number of carbonyl (C=O) groups excluding carboxylic acids is 1. The Balaban J connectivity index is 2.54. The van der Waals surface area contributed by atoms with Crippen LogP contribution < -0.4 is 0 Å². The third-order valence-electron chi connectivity index (χ3n) is 2.55. The van der Waals surface area contributed by atoms with Gasteiger partial charge in [-0.25, -0.2) is 0 Å². The topological polar surface area (TPSA) is 91.7 Å². The maximum Gasteiger partial charge on any atom is 0.294 e. The molecule has 0 aliphatic rings. The predicted molar refractivity (Wildman–Crippen MR) is 67.8 cm³/mol. The summed E-state index contributed by atoms with van der Waals surface area (Å²) < 4.78 is 31.0. The molecule has 98 valence electrons. The Hall–Kier alpha value is -2.18. The highest BCUT2D eigenvalue weighted by Gasteiger charge is 2.18. The molecule has 2 rings (SSSR count). The number of hydrogen-bond donors (Lipinski definition) is 2. The van der Waals surface area contributed by atoms with Crippen LogP contribution in [-0.4, -0.2) is 23.9 Å². The molecule has 19 heavy (non-hydrogen) atoms. The predicted octanol–water partition coefficient (Wildman–Crippen LogP) is 1.87. The van der Waals surface area contributed by atoms with E-state index in [0.29, 0.717) is 5.56 Å². The minimum absolute atomic E-state index is 0.179. The summed E-state index contributed by atoms with van der Waals surface area (Å²) >= 11 is 0. The number of carbonyl (C=O) groups is 1. The van der Waals surface area contributed by atoms with Crippen molar-refractivity contribution in [3.8, 4) is 5.75 Å². The minimum Gasteiger partial charge on any atom is -0.507 e. The lowest BCUT2D eigenvalue weighted by atomic mass is 10.0. The lowest BCUT2D eigenvalue weighted by Crippen LogP contribution is -2.05. The summed E-state index contributed by atoms with van der Waals surface area (Å²) in [5.74, 6) is -0.871. The van der Waals surface area contributed by atoms with Crippen molar-refractivity contribution in [1.82, 2.24) is 0 Å². The number of hydrogen-bond acceptors (Lipinski definition) is 4. The van der Waals surface area contributed by atoms with Crippen LogP contribution in [0.5, 0.6) is 5.75 Å². The van der Waals surface area contributed by atoms with E-state index in [1.807, 2.05) is 0 Å². The van der Waals surface area contributed by atoms with Crippen molar-refractivity contribution in [2.45, 2.75) is 4.90 Å². The number of ketones is 1. The molecule has 0 amide bonds. The Kier molecular flexibility index (Phi) is 3.37. The molecule has 0 radical (unpaired) electrons. The molecule has 2 aromatic carbocycles. The van der Waals surface area contributed by atoms with Crippen LogP contribution in [0, 0.1) is 0 Å². The van der Waals surface area contributed by atoms with Crippen LogP contribution in [0.25, 0.3) is 0 Å². The van der Waals surface area contributed by atoms with E-state index in [9.17, 15) is 18.3 Å². The Labute approximate surface area is 109 Å². The number of aromatic hydroxyl groups is 1. The Morgan fingerprint density at radius 1 is 1.00 bits per heavy atom. The number of phenolic OH excluding ortho intramolecular Hbond substituents is 1. The van der Waals surface area contributed by atoms with Gasteiger partial charge in [0.25, 0.3) is 10.1 Å². The van der Waals surface area contributed by atoms with Crippen LogP contribution >= 0.6 is 0 Å². The normalized spacial score (nSPS) is 11.2. The SMILES string of the molecule is O=C(c1ccccc1)c1cc(S(=O)(=O)O)ccc1O. The summed E-state index contributed by atoms with van der Waals surface area (Å²) in [6.07, 6.45) is 0. The molecule has 2 aromatic rings. The van der Waals surface area contributed by atoms with Gasteiger partial charge in [-0.05, 0) is 18.2 Å². The van der Waals surface area contributed by atoms with E-state index in [4.69, 9.17) is 4.55 Å².